The second-order valence-corrected chi connectivity index (χ2v) is 14.3. The van der Waals surface area contributed by atoms with Crippen LogP contribution in [0, 0.1) is 5.41 Å². The number of rotatable bonds is 13. The molecule has 4 aliphatic rings. The smallest absolute Gasteiger partial charge is 0.327 e. The van der Waals surface area contributed by atoms with Crippen molar-refractivity contribution in [3.63, 3.8) is 0 Å². The highest BCUT2D eigenvalue weighted by molar-refractivity contribution is 5.94. The van der Waals surface area contributed by atoms with Gasteiger partial charge in [-0.1, -0.05) is 115 Å². The maximum atomic E-state index is 14.6. The third-order valence-electron chi connectivity index (χ3n) is 10.9. The molecule has 3 heterocycles. The van der Waals surface area contributed by atoms with Gasteiger partial charge in [0.25, 0.3) is 0 Å². The van der Waals surface area contributed by atoms with E-state index in [1.54, 1.807) is 12.1 Å². The van der Waals surface area contributed by atoms with E-state index in [9.17, 15) is 19.5 Å². The topological polar surface area (TPSA) is 156 Å². The van der Waals surface area contributed by atoms with Gasteiger partial charge in [-0.15, -0.1) is 0 Å². The molecule has 1 saturated carbocycles. The zero-order chi connectivity index (χ0) is 38.0. The van der Waals surface area contributed by atoms with E-state index in [2.05, 4.69) is 10.6 Å². The van der Waals surface area contributed by atoms with Crippen LogP contribution in [0.3, 0.4) is 0 Å². The van der Waals surface area contributed by atoms with Crippen LogP contribution in [0.1, 0.15) is 40.7 Å². The first-order valence-electron chi connectivity index (χ1n) is 18.6. The number of aliphatic hydroxyl groups is 1. The molecule has 4 aromatic rings. The predicted octanol–water partition coefficient (Wildman–Crippen LogP) is 3.75. The van der Waals surface area contributed by atoms with Gasteiger partial charge in [-0.2, -0.15) is 5.06 Å². The molecule has 4 fully saturated rings. The third-order valence-corrected chi connectivity index (χ3v) is 10.9. The number of hydroxylamine groups is 2. The molecule has 4 N–H and O–H groups in total. The highest BCUT2D eigenvalue weighted by Crippen LogP contribution is 2.59. The molecule has 2 bridgehead atoms. The van der Waals surface area contributed by atoms with E-state index in [1.165, 1.54) is 5.06 Å². The molecule has 4 aromatic carbocycles. The number of phenols is 1. The van der Waals surface area contributed by atoms with Crippen LogP contribution in [-0.4, -0.2) is 83.2 Å². The van der Waals surface area contributed by atoms with Crippen LogP contribution in [0.25, 0.3) is 6.08 Å². The summed E-state index contributed by atoms with van der Waals surface area (Å²) in [5.74, 6) is -2.48. The number of hydrogen-bond donors (Lipinski definition) is 4. The van der Waals surface area contributed by atoms with Gasteiger partial charge in [0.05, 0.1) is 13.2 Å². The molecule has 0 unspecified atom stereocenters. The fraction of sp³-hybridized carbons (Fsp3) is 0.326. The maximum Gasteiger partial charge on any atom is 0.327 e. The van der Waals surface area contributed by atoms with Gasteiger partial charge in [-0.05, 0) is 29.2 Å². The molecule has 3 aliphatic heterocycles. The number of carbonyl (C=O) groups is 3. The van der Waals surface area contributed by atoms with Gasteiger partial charge in [0.1, 0.15) is 35.6 Å². The number of phenolic OH excluding ortho intramolecular Hbond substituents is 1. The lowest BCUT2D eigenvalue weighted by Crippen LogP contribution is -2.69. The lowest BCUT2D eigenvalue weighted by Gasteiger charge is -2.48. The van der Waals surface area contributed by atoms with Gasteiger partial charge in [-0.3, -0.25) is 19.2 Å². The molecule has 284 valence electrons. The molecule has 1 aliphatic carbocycles. The normalized spacial score (nSPS) is 26.3. The van der Waals surface area contributed by atoms with Gasteiger partial charge in [0.15, 0.2) is 6.04 Å². The van der Waals surface area contributed by atoms with Crippen molar-refractivity contribution in [2.24, 2.45) is 5.41 Å². The molecule has 12 nitrogen and oxygen atoms in total. The quantitative estimate of drug-likeness (QED) is 0.149. The van der Waals surface area contributed by atoms with E-state index in [0.29, 0.717) is 6.42 Å². The number of carbonyl (C=O) groups excluding carboxylic acids is 3. The Kier molecular flexibility index (Phi) is 10.2. The Morgan fingerprint density at radius 3 is 2.20 bits per heavy atom. The number of para-hydroxylation sites is 1. The lowest BCUT2D eigenvalue weighted by molar-refractivity contribution is -0.213. The molecule has 6 atom stereocenters. The Balaban J connectivity index is 1.09. The fourth-order valence-electron chi connectivity index (χ4n) is 8.35. The summed E-state index contributed by atoms with van der Waals surface area (Å²) in [4.78, 5) is 47.8. The summed E-state index contributed by atoms with van der Waals surface area (Å²) in [6.45, 7) is 0.0948. The zero-order valence-electron chi connectivity index (χ0n) is 30.1. The largest absolute Gasteiger partial charge is 0.508 e. The van der Waals surface area contributed by atoms with Crippen LogP contribution in [0.5, 0.6) is 5.75 Å². The average molecular weight is 746 g/mol. The van der Waals surface area contributed by atoms with Crippen LogP contribution in [0.2, 0.25) is 0 Å². The van der Waals surface area contributed by atoms with Crippen molar-refractivity contribution < 1.29 is 43.6 Å². The number of allylic oxidation sites excluding steroid dienone is 1. The minimum Gasteiger partial charge on any atom is -0.508 e. The maximum absolute atomic E-state index is 14.6. The van der Waals surface area contributed by atoms with Crippen molar-refractivity contribution in [2.45, 2.75) is 62.1 Å². The van der Waals surface area contributed by atoms with Gasteiger partial charge >= 0.3 is 5.97 Å². The summed E-state index contributed by atoms with van der Waals surface area (Å²) < 4.78 is 20.1. The number of amides is 2. The van der Waals surface area contributed by atoms with Crippen LogP contribution >= 0.6 is 0 Å². The summed E-state index contributed by atoms with van der Waals surface area (Å²) in [5.41, 5.74) is 2.67. The number of nitrogens with zero attached hydrogens (tertiary/aromatic N) is 1. The summed E-state index contributed by atoms with van der Waals surface area (Å²) >= 11 is 0. The van der Waals surface area contributed by atoms with Crippen molar-refractivity contribution in [3.8, 4) is 5.75 Å². The first-order chi connectivity index (χ1) is 26.8. The monoisotopic (exact) mass is 745 g/mol. The molecule has 0 aromatic heterocycles. The first-order valence-corrected chi connectivity index (χ1v) is 18.6. The fourth-order valence-corrected chi connectivity index (χ4v) is 8.35. The first kappa shape index (κ1) is 36.6. The number of fused-ring (bicyclic) bond motifs is 4. The van der Waals surface area contributed by atoms with Gasteiger partial charge in [0, 0.05) is 37.1 Å². The van der Waals surface area contributed by atoms with Crippen LogP contribution in [-0.2, 0) is 52.2 Å². The number of hydrogen-bond acceptors (Lipinski definition) is 10. The summed E-state index contributed by atoms with van der Waals surface area (Å²) in [7, 11) is 0. The zero-order valence-corrected chi connectivity index (χ0v) is 30.1. The van der Waals surface area contributed by atoms with Gasteiger partial charge in [-0.25, -0.2) is 0 Å². The second kappa shape index (κ2) is 15.4. The number of aliphatic hydroxyl groups excluding tert-OH is 1. The average Bonchev–Trinajstić information content (AvgIpc) is 3.79. The van der Waals surface area contributed by atoms with Crippen molar-refractivity contribution in [2.75, 3.05) is 19.7 Å². The summed E-state index contributed by atoms with van der Waals surface area (Å²) in [6.07, 6.45) is 1.30. The number of nitrogens with one attached hydrogen (secondary N) is 2. The Labute approximate surface area is 318 Å². The third kappa shape index (κ3) is 6.81. The Morgan fingerprint density at radius 1 is 0.836 bits per heavy atom. The molecule has 2 amide bonds. The van der Waals surface area contributed by atoms with Crippen LogP contribution in [0.15, 0.2) is 115 Å². The van der Waals surface area contributed by atoms with E-state index in [0.717, 1.165) is 27.8 Å². The summed E-state index contributed by atoms with van der Waals surface area (Å²) in [6, 6.07) is 33.0. The molecular formula is C43H43N3O9. The molecule has 8 rings (SSSR count). The Hall–Kier alpha value is -5.37. The Morgan fingerprint density at radius 2 is 1.51 bits per heavy atom. The highest BCUT2D eigenvalue weighted by Gasteiger charge is 2.76. The minimum atomic E-state index is -1.43. The van der Waals surface area contributed by atoms with Crippen LogP contribution < -0.4 is 10.6 Å². The molecule has 0 spiro atoms. The van der Waals surface area contributed by atoms with Crippen LogP contribution in [0.4, 0.5) is 0 Å². The Bertz CT molecular complexity index is 2000. The van der Waals surface area contributed by atoms with E-state index in [1.807, 2.05) is 109 Å². The standard InChI is InChI=1S/C43H43N3O9/c47-25-24-44-35(49)22-23-45-41(51)42-26-34-36-37(54-43(53-36,31-13-3-1-4-14-31)32-15-5-2-6-16-32)39(42)55-46(38(42)40(50)52-34)27-29-20-18-28(19-21-29)10-9-12-30-11-7-8-17-33(30)48/h1-11,13-21,34,36-39,47-48H,12,22-27H2,(H,44,49)(H,45,51)/t34-,36+,37+,38+,39-,42+/m1/s1. The molecule has 3 saturated heterocycles. The van der Waals surface area contributed by atoms with Crippen molar-refractivity contribution in [1.82, 2.24) is 15.7 Å². The van der Waals surface area contributed by atoms with E-state index in [4.69, 9.17) is 24.2 Å². The van der Waals surface area contributed by atoms with E-state index >= 15 is 0 Å². The predicted molar refractivity (Wildman–Crippen MR) is 200 cm³/mol. The number of benzene rings is 4. The van der Waals surface area contributed by atoms with Gasteiger partial charge in [0.2, 0.25) is 17.6 Å². The van der Waals surface area contributed by atoms with Gasteiger partial charge < -0.3 is 35.1 Å². The number of esters is 1. The van der Waals surface area contributed by atoms with Crippen molar-refractivity contribution >= 4 is 23.9 Å². The highest BCUT2D eigenvalue weighted by atomic mass is 16.8. The van der Waals surface area contributed by atoms with Crippen molar-refractivity contribution in [3.05, 3.63) is 143 Å². The molecular weight excluding hydrogens is 702 g/mol. The SMILES string of the molecule is O=C(CCNC(=O)[C@@]12C[C@H]3OC(=O)[C@@H]1N(Cc1ccc(C=CCc4ccccc4O)cc1)O[C@@H]2[C@H]1OC(c2ccccc2)(c2ccccc2)O[C@H]13)NCCO. The summed E-state index contributed by atoms with van der Waals surface area (Å²) in [5, 5.41) is 26.2. The molecule has 0 radical (unpaired) electrons. The molecule has 55 heavy (non-hydrogen) atoms. The van der Waals surface area contributed by atoms with Crippen molar-refractivity contribution in [1.29, 1.82) is 0 Å². The van der Waals surface area contributed by atoms with E-state index in [-0.39, 0.29) is 50.7 Å². The number of ether oxygens (including phenoxy) is 3. The minimum absolute atomic E-state index is 0.0132. The molecule has 12 heteroatoms. The lowest BCUT2D eigenvalue weighted by atomic mass is 9.62. The second-order valence-electron chi connectivity index (χ2n) is 14.3. The number of aromatic hydroxyl groups is 1. The van der Waals surface area contributed by atoms with E-state index < -0.39 is 53.5 Å².